The number of hydrogen-bond acceptors (Lipinski definition) is 4. The zero-order valence-corrected chi connectivity index (χ0v) is 15.4. The maximum absolute atomic E-state index is 12.8. The monoisotopic (exact) mass is 357 g/mol. The Labute approximate surface area is 156 Å². The van der Waals surface area contributed by atoms with Crippen LogP contribution < -0.4 is 5.56 Å². The molecule has 0 bridgehead atoms. The van der Waals surface area contributed by atoms with E-state index < -0.39 is 0 Å². The van der Waals surface area contributed by atoms with Crippen molar-refractivity contribution >= 4 is 17.1 Å². The van der Waals surface area contributed by atoms with Crippen molar-refractivity contribution in [2.45, 2.75) is 20.8 Å². The average molecular weight is 357 g/mol. The molecule has 2 aromatic carbocycles. The summed E-state index contributed by atoms with van der Waals surface area (Å²) in [6.45, 7) is 5.70. The van der Waals surface area contributed by atoms with E-state index in [0.717, 1.165) is 22.6 Å². The Morgan fingerprint density at radius 3 is 2.44 bits per heavy atom. The van der Waals surface area contributed by atoms with Gasteiger partial charge in [0, 0.05) is 5.56 Å². The summed E-state index contributed by atoms with van der Waals surface area (Å²) in [5.41, 5.74) is 4.18. The van der Waals surface area contributed by atoms with Crippen LogP contribution >= 0.6 is 0 Å². The van der Waals surface area contributed by atoms with Crippen LogP contribution in [0.1, 0.15) is 22.8 Å². The first kappa shape index (κ1) is 16.9. The van der Waals surface area contributed by atoms with E-state index in [1.807, 2.05) is 67.1 Å². The van der Waals surface area contributed by atoms with Gasteiger partial charge in [-0.1, -0.05) is 30.3 Å². The van der Waals surface area contributed by atoms with Crippen molar-refractivity contribution in [3.63, 3.8) is 0 Å². The second-order valence-electron chi connectivity index (χ2n) is 6.37. The number of nitrogens with zero attached hydrogens (tertiary/aromatic N) is 5. The van der Waals surface area contributed by atoms with Crippen LogP contribution in [0, 0.1) is 20.8 Å². The van der Waals surface area contributed by atoms with Crippen molar-refractivity contribution < 1.29 is 0 Å². The first-order valence-electron chi connectivity index (χ1n) is 8.70. The van der Waals surface area contributed by atoms with Gasteiger partial charge in [-0.15, -0.1) is 0 Å². The van der Waals surface area contributed by atoms with Crippen molar-refractivity contribution in [1.82, 2.24) is 19.4 Å². The fourth-order valence-electron chi connectivity index (χ4n) is 3.15. The van der Waals surface area contributed by atoms with Gasteiger partial charge in [0.15, 0.2) is 0 Å². The molecular weight excluding hydrogens is 338 g/mol. The number of rotatable bonds is 3. The van der Waals surface area contributed by atoms with Crippen LogP contribution in [0.2, 0.25) is 0 Å². The van der Waals surface area contributed by atoms with E-state index in [0.29, 0.717) is 16.7 Å². The molecule has 0 atom stereocenters. The second kappa shape index (κ2) is 6.64. The van der Waals surface area contributed by atoms with E-state index in [2.05, 4.69) is 15.2 Å². The number of fused-ring (bicyclic) bond motifs is 1. The summed E-state index contributed by atoms with van der Waals surface area (Å²) in [7, 11) is 0. The molecule has 0 spiro atoms. The second-order valence-corrected chi connectivity index (χ2v) is 6.37. The molecule has 4 rings (SSSR count). The largest absolute Gasteiger partial charge is 0.282 e. The van der Waals surface area contributed by atoms with Crippen LogP contribution in [0.3, 0.4) is 0 Å². The molecule has 6 heteroatoms. The van der Waals surface area contributed by atoms with Gasteiger partial charge in [0.2, 0.25) is 0 Å². The Morgan fingerprint density at radius 2 is 1.67 bits per heavy atom. The summed E-state index contributed by atoms with van der Waals surface area (Å²) >= 11 is 0. The molecule has 0 aliphatic heterocycles. The molecule has 0 amide bonds. The third kappa shape index (κ3) is 2.95. The summed E-state index contributed by atoms with van der Waals surface area (Å²) < 4.78 is 3.21. The molecule has 0 aliphatic carbocycles. The zero-order chi connectivity index (χ0) is 19.0. The predicted molar refractivity (Wildman–Crippen MR) is 107 cm³/mol. The molecule has 0 fully saturated rings. The van der Waals surface area contributed by atoms with Gasteiger partial charge in [-0.3, -0.25) is 4.79 Å². The molecule has 27 heavy (non-hydrogen) atoms. The fourth-order valence-corrected chi connectivity index (χ4v) is 3.15. The maximum Gasteiger partial charge on any atom is 0.282 e. The molecule has 4 aromatic rings. The molecule has 0 N–H and O–H groups in total. The molecular formula is C21H19N5O. The molecule has 6 nitrogen and oxygen atoms in total. The summed E-state index contributed by atoms with van der Waals surface area (Å²) in [5.74, 6) is 0.542. The van der Waals surface area contributed by atoms with Gasteiger partial charge in [-0.2, -0.15) is 14.9 Å². The smallest absolute Gasteiger partial charge is 0.267 e. The number of aromatic nitrogens is 4. The average Bonchev–Trinajstić information content (AvgIpc) is 2.96. The summed E-state index contributed by atoms with van der Waals surface area (Å²) in [4.78, 5) is 17.2. The van der Waals surface area contributed by atoms with E-state index in [1.54, 1.807) is 19.2 Å². The number of para-hydroxylation sites is 2. The maximum atomic E-state index is 12.8. The van der Waals surface area contributed by atoms with E-state index in [-0.39, 0.29) is 5.56 Å². The molecule has 0 unspecified atom stereocenters. The van der Waals surface area contributed by atoms with Crippen LogP contribution in [-0.2, 0) is 0 Å². The van der Waals surface area contributed by atoms with Crippen LogP contribution in [0.25, 0.3) is 16.6 Å². The SMILES string of the molecule is Cc1nn(-c2ccccc2)c(C)c1/C=N\n1c(C)nc2ccccc2c1=O. The highest BCUT2D eigenvalue weighted by Gasteiger charge is 2.12. The number of benzene rings is 2. The summed E-state index contributed by atoms with van der Waals surface area (Å²) in [6, 6.07) is 17.2. The zero-order valence-electron chi connectivity index (χ0n) is 15.4. The summed E-state index contributed by atoms with van der Waals surface area (Å²) in [6.07, 6.45) is 1.68. The van der Waals surface area contributed by atoms with E-state index in [9.17, 15) is 4.79 Å². The van der Waals surface area contributed by atoms with Gasteiger partial charge in [0.05, 0.1) is 34.2 Å². The van der Waals surface area contributed by atoms with Crippen molar-refractivity contribution in [2.75, 3.05) is 0 Å². The van der Waals surface area contributed by atoms with Crippen LogP contribution in [-0.4, -0.2) is 25.7 Å². The lowest BCUT2D eigenvalue weighted by molar-refractivity contribution is 0.770. The lowest BCUT2D eigenvalue weighted by atomic mass is 10.2. The Balaban J connectivity index is 1.80. The van der Waals surface area contributed by atoms with Gasteiger partial charge in [-0.05, 0) is 45.0 Å². The molecule has 0 saturated heterocycles. The lowest BCUT2D eigenvalue weighted by Gasteiger charge is -2.05. The molecule has 0 aliphatic rings. The van der Waals surface area contributed by atoms with Crippen LogP contribution in [0.4, 0.5) is 0 Å². The minimum absolute atomic E-state index is 0.180. The Bertz CT molecular complexity index is 1220. The highest BCUT2D eigenvalue weighted by molar-refractivity contribution is 5.83. The molecule has 2 heterocycles. The highest BCUT2D eigenvalue weighted by atomic mass is 16.1. The fraction of sp³-hybridized carbons (Fsp3) is 0.143. The molecule has 2 aromatic heterocycles. The summed E-state index contributed by atoms with van der Waals surface area (Å²) in [5, 5.41) is 9.58. The molecule has 0 saturated carbocycles. The lowest BCUT2D eigenvalue weighted by Crippen LogP contribution is -2.20. The number of aryl methyl sites for hydroxylation is 2. The van der Waals surface area contributed by atoms with Crippen molar-refractivity contribution in [1.29, 1.82) is 0 Å². The third-order valence-corrected chi connectivity index (χ3v) is 4.57. The van der Waals surface area contributed by atoms with Crippen molar-refractivity contribution in [3.8, 4) is 5.69 Å². The van der Waals surface area contributed by atoms with Gasteiger partial charge >= 0.3 is 0 Å². The third-order valence-electron chi connectivity index (χ3n) is 4.57. The first-order chi connectivity index (χ1) is 13.1. The quantitative estimate of drug-likeness (QED) is 0.528. The first-order valence-corrected chi connectivity index (χ1v) is 8.70. The minimum Gasteiger partial charge on any atom is -0.267 e. The van der Waals surface area contributed by atoms with E-state index in [4.69, 9.17) is 0 Å². The van der Waals surface area contributed by atoms with Gasteiger partial charge < -0.3 is 0 Å². The minimum atomic E-state index is -0.180. The molecule has 0 radical (unpaired) electrons. The van der Waals surface area contributed by atoms with Crippen LogP contribution in [0.15, 0.2) is 64.5 Å². The topological polar surface area (TPSA) is 65.1 Å². The Hall–Kier alpha value is -3.54. The highest BCUT2D eigenvalue weighted by Crippen LogP contribution is 2.16. The van der Waals surface area contributed by atoms with Crippen molar-refractivity contribution in [3.05, 3.63) is 87.7 Å². The van der Waals surface area contributed by atoms with E-state index in [1.165, 1.54) is 4.68 Å². The van der Waals surface area contributed by atoms with E-state index >= 15 is 0 Å². The Kier molecular flexibility index (Phi) is 4.16. The van der Waals surface area contributed by atoms with Crippen LogP contribution in [0.5, 0.6) is 0 Å². The number of hydrogen-bond donors (Lipinski definition) is 0. The Morgan fingerprint density at radius 1 is 0.963 bits per heavy atom. The van der Waals surface area contributed by atoms with Gasteiger partial charge in [0.25, 0.3) is 5.56 Å². The van der Waals surface area contributed by atoms with Crippen molar-refractivity contribution in [2.24, 2.45) is 5.10 Å². The van der Waals surface area contributed by atoms with Gasteiger partial charge in [0.1, 0.15) is 5.82 Å². The predicted octanol–water partition coefficient (Wildman–Crippen LogP) is 3.39. The molecule has 134 valence electrons. The normalized spacial score (nSPS) is 11.5. The standard InChI is InChI=1S/C21H19N5O/c1-14-19(15(2)25(24-14)17-9-5-4-6-10-17)13-22-26-16(3)23-20-12-8-7-11-18(20)21(26)27/h4-13H,1-3H3/b22-13-. The van der Waals surface area contributed by atoms with Gasteiger partial charge in [-0.25, -0.2) is 9.67 Å².